The molecule has 3 rings (SSSR count). The van der Waals surface area contributed by atoms with Gasteiger partial charge in [0, 0.05) is 44.5 Å². The largest absolute Gasteiger partial charge is 0.377 e. The van der Waals surface area contributed by atoms with Crippen LogP contribution >= 0.6 is 11.8 Å². The molecule has 2 heterocycles. The third kappa shape index (κ3) is 3.41. The van der Waals surface area contributed by atoms with Crippen LogP contribution in [0.5, 0.6) is 0 Å². The van der Waals surface area contributed by atoms with E-state index in [2.05, 4.69) is 74.9 Å². The van der Waals surface area contributed by atoms with Gasteiger partial charge in [-0.25, -0.2) is 4.98 Å². The van der Waals surface area contributed by atoms with Crippen molar-refractivity contribution in [3.63, 3.8) is 0 Å². The van der Waals surface area contributed by atoms with Crippen molar-refractivity contribution in [2.45, 2.75) is 24.4 Å². The first-order valence-electron chi connectivity index (χ1n) is 7.78. The quantitative estimate of drug-likeness (QED) is 0.643. The van der Waals surface area contributed by atoms with E-state index in [0.717, 1.165) is 29.0 Å². The summed E-state index contributed by atoms with van der Waals surface area (Å²) in [6.07, 6.45) is 5.04. The van der Waals surface area contributed by atoms with Crippen LogP contribution in [0.4, 0.5) is 5.69 Å². The molecule has 0 spiro atoms. The third-order valence-electron chi connectivity index (χ3n) is 3.66. The van der Waals surface area contributed by atoms with Crippen LogP contribution in [0.1, 0.15) is 12.5 Å². The molecule has 0 radical (unpaired) electrons. The summed E-state index contributed by atoms with van der Waals surface area (Å²) in [5.74, 6) is 1.60. The van der Waals surface area contributed by atoms with E-state index in [-0.39, 0.29) is 0 Å². The van der Waals surface area contributed by atoms with Gasteiger partial charge in [-0.3, -0.25) is 4.98 Å². The minimum atomic E-state index is 0.743. The second-order valence-electron chi connectivity index (χ2n) is 5.45. The number of hydrogen-bond donors (Lipinski definition) is 0. The van der Waals surface area contributed by atoms with E-state index in [9.17, 15) is 0 Å². The van der Waals surface area contributed by atoms with E-state index < -0.39 is 0 Å². The van der Waals surface area contributed by atoms with E-state index in [4.69, 9.17) is 0 Å². The molecule has 0 atom stereocenters. The van der Waals surface area contributed by atoms with Crippen molar-refractivity contribution in [1.29, 1.82) is 0 Å². The Kier molecular flexibility index (Phi) is 5.10. The summed E-state index contributed by atoms with van der Waals surface area (Å²) in [4.78, 5) is 10.6. The number of nitrogens with zero attached hydrogens (tertiary/aromatic N) is 6. The van der Waals surface area contributed by atoms with Gasteiger partial charge in [0.1, 0.15) is 5.69 Å². The Balaban J connectivity index is 1.83. The average Bonchev–Trinajstić information content (AvgIpc) is 3.03. The Bertz CT molecular complexity index is 800. The number of anilines is 1. The fourth-order valence-electron chi connectivity index (χ4n) is 2.50. The monoisotopic (exact) mass is 340 g/mol. The zero-order valence-electron chi connectivity index (χ0n) is 14.0. The molecule has 1 aromatic carbocycles. The minimum absolute atomic E-state index is 0.743. The number of rotatable bonds is 6. The summed E-state index contributed by atoms with van der Waals surface area (Å²) in [6, 6.07) is 8.41. The maximum Gasteiger partial charge on any atom is 0.191 e. The molecule has 24 heavy (non-hydrogen) atoms. The fourth-order valence-corrected chi connectivity index (χ4v) is 3.49. The average molecular weight is 340 g/mol. The van der Waals surface area contributed by atoms with E-state index in [1.807, 2.05) is 0 Å². The van der Waals surface area contributed by atoms with Gasteiger partial charge in [-0.1, -0.05) is 30.0 Å². The van der Waals surface area contributed by atoms with Crippen molar-refractivity contribution < 1.29 is 0 Å². The van der Waals surface area contributed by atoms with E-state index in [1.54, 1.807) is 30.4 Å². The number of thioether (sulfide) groups is 1. The first kappa shape index (κ1) is 16.4. The van der Waals surface area contributed by atoms with Crippen molar-refractivity contribution in [3.8, 4) is 11.5 Å². The van der Waals surface area contributed by atoms with E-state index >= 15 is 0 Å². The van der Waals surface area contributed by atoms with Crippen LogP contribution in [0.15, 0.2) is 48.0 Å². The van der Waals surface area contributed by atoms with Crippen molar-refractivity contribution in [2.24, 2.45) is 0 Å². The van der Waals surface area contributed by atoms with Gasteiger partial charge in [0.15, 0.2) is 11.0 Å². The lowest BCUT2D eigenvalue weighted by Gasteiger charge is -2.17. The van der Waals surface area contributed by atoms with Crippen LogP contribution < -0.4 is 4.90 Å². The molecule has 0 unspecified atom stereocenters. The Morgan fingerprint density at radius 3 is 2.67 bits per heavy atom. The van der Waals surface area contributed by atoms with Gasteiger partial charge in [0.2, 0.25) is 0 Å². The molecule has 0 saturated carbocycles. The molecule has 0 aliphatic carbocycles. The predicted octanol–water partition coefficient (Wildman–Crippen LogP) is 3.11. The fraction of sp³-hybridized carbons (Fsp3) is 0.294. The molecule has 7 heteroatoms. The van der Waals surface area contributed by atoms with Gasteiger partial charge in [-0.2, -0.15) is 0 Å². The standard InChI is InChI=1S/C17H20N6S/c1-4-23-16(14-11-18-9-10-19-14)20-21-17(23)24-12-13-7-5-6-8-15(13)22(2)3/h5-11H,4,12H2,1-3H3. The molecule has 6 nitrogen and oxygen atoms in total. The normalized spacial score (nSPS) is 10.8. The van der Waals surface area contributed by atoms with Crippen LogP contribution in [-0.4, -0.2) is 38.8 Å². The van der Waals surface area contributed by atoms with Crippen molar-refractivity contribution in [3.05, 3.63) is 48.4 Å². The Morgan fingerprint density at radius 1 is 1.12 bits per heavy atom. The summed E-state index contributed by atoms with van der Waals surface area (Å²) in [5, 5.41) is 9.55. The highest BCUT2D eigenvalue weighted by Gasteiger charge is 2.15. The summed E-state index contributed by atoms with van der Waals surface area (Å²) in [6.45, 7) is 2.87. The molecule has 3 aromatic rings. The van der Waals surface area contributed by atoms with Gasteiger partial charge >= 0.3 is 0 Å². The SMILES string of the molecule is CCn1c(SCc2ccccc2N(C)C)nnc1-c1cnccn1. The maximum absolute atomic E-state index is 4.35. The summed E-state index contributed by atoms with van der Waals surface area (Å²) >= 11 is 1.69. The molecule has 0 aliphatic rings. The molecule has 0 aliphatic heterocycles. The van der Waals surface area contributed by atoms with Crippen molar-refractivity contribution in [1.82, 2.24) is 24.7 Å². The van der Waals surface area contributed by atoms with E-state index in [1.165, 1.54) is 11.3 Å². The first-order chi connectivity index (χ1) is 11.7. The third-order valence-corrected chi connectivity index (χ3v) is 4.67. The summed E-state index contributed by atoms with van der Waals surface area (Å²) < 4.78 is 2.08. The Morgan fingerprint density at radius 2 is 1.96 bits per heavy atom. The van der Waals surface area contributed by atoms with Gasteiger partial charge in [-0.05, 0) is 18.6 Å². The molecule has 0 amide bonds. The van der Waals surface area contributed by atoms with Gasteiger partial charge in [0.05, 0.1) is 6.20 Å². The molecular formula is C17H20N6S. The molecule has 0 saturated heterocycles. The number of aromatic nitrogens is 5. The molecule has 0 bridgehead atoms. The summed E-state index contributed by atoms with van der Waals surface area (Å²) in [7, 11) is 4.12. The molecule has 0 fully saturated rings. The smallest absolute Gasteiger partial charge is 0.191 e. The second-order valence-corrected chi connectivity index (χ2v) is 6.40. The zero-order chi connectivity index (χ0) is 16.9. The Hall–Kier alpha value is -2.41. The van der Waals surface area contributed by atoms with Gasteiger partial charge in [-0.15, -0.1) is 10.2 Å². The highest BCUT2D eigenvalue weighted by molar-refractivity contribution is 7.98. The Labute approximate surface area is 146 Å². The highest BCUT2D eigenvalue weighted by atomic mass is 32.2. The zero-order valence-corrected chi connectivity index (χ0v) is 14.9. The van der Waals surface area contributed by atoms with Crippen LogP contribution in [0.25, 0.3) is 11.5 Å². The van der Waals surface area contributed by atoms with Crippen molar-refractivity contribution in [2.75, 3.05) is 19.0 Å². The molecule has 124 valence electrons. The summed E-state index contributed by atoms with van der Waals surface area (Å²) in [5.41, 5.74) is 3.24. The first-order valence-corrected chi connectivity index (χ1v) is 8.77. The van der Waals surface area contributed by atoms with Gasteiger partial charge < -0.3 is 9.47 Å². The minimum Gasteiger partial charge on any atom is -0.377 e. The lowest BCUT2D eigenvalue weighted by molar-refractivity contribution is 0.685. The lowest BCUT2D eigenvalue weighted by atomic mass is 10.2. The molecule has 2 aromatic heterocycles. The molecule has 0 N–H and O–H groups in total. The number of benzene rings is 1. The van der Waals surface area contributed by atoms with E-state index in [0.29, 0.717) is 0 Å². The topological polar surface area (TPSA) is 59.7 Å². The maximum atomic E-state index is 4.35. The van der Waals surface area contributed by atoms with Crippen LogP contribution in [-0.2, 0) is 12.3 Å². The second kappa shape index (κ2) is 7.44. The van der Waals surface area contributed by atoms with Crippen LogP contribution in [0.2, 0.25) is 0 Å². The van der Waals surface area contributed by atoms with Crippen LogP contribution in [0.3, 0.4) is 0 Å². The number of para-hydroxylation sites is 1. The number of hydrogen-bond acceptors (Lipinski definition) is 6. The van der Waals surface area contributed by atoms with Crippen LogP contribution in [0, 0.1) is 0 Å². The van der Waals surface area contributed by atoms with Crippen molar-refractivity contribution >= 4 is 17.4 Å². The lowest BCUT2D eigenvalue weighted by Crippen LogP contribution is -2.10. The van der Waals surface area contributed by atoms with Gasteiger partial charge in [0.25, 0.3) is 0 Å². The predicted molar refractivity (Wildman–Crippen MR) is 97.1 cm³/mol. The molecular weight excluding hydrogens is 320 g/mol. The highest BCUT2D eigenvalue weighted by Crippen LogP contribution is 2.28.